The predicted molar refractivity (Wildman–Crippen MR) is 107 cm³/mol. The maximum Gasteiger partial charge on any atom is 0.338 e. The summed E-state index contributed by atoms with van der Waals surface area (Å²) < 4.78 is 11.2. The van der Waals surface area contributed by atoms with Gasteiger partial charge in [0.05, 0.1) is 12.2 Å². The number of benzene rings is 3. The Labute approximate surface area is 160 Å². The number of rotatable bonds is 8. The number of carbonyl (C=O) groups is 1. The first-order valence-electron chi connectivity index (χ1n) is 9.27. The van der Waals surface area contributed by atoms with E-state index in [-0.39, 0.29) is 5.97 Å². The molecule has 0 bridgehead atoms. The van der Waals surface area contributed by atoms with Crippen LogP contribution in [0.5, 0.6) is 5.75 Å². The van der Waals surface area contributed by atoms with E-state index in [1.807, 2.05) is 67.6 Å². The van der Waals surface area contributed by atoms with Crippen LogP contribution in [0.25, 0.3) is 0 Å². The second-order valence-electron chi connectivity index (χ2n) is 6.30. The zero-order valence-corrected chi connectivity index (χ0v) is 15.6. The Hall–Kier alpha value is -3.07. The molecule has 0 atom stereocenters. The van der Waals surface area contributed by atoms with Crippen LogP contribution in [-0.2, 0) is 24.2 Å². The van der Waals surface area contributed by atoms with E-state index < -0.39 is 0 Å². The van der Waals surface area contributed by atoms with Gasteiger partial charge in [-0.1, -0.05) is 60.7 Å². The van der Waals surface area contributed by atoms with E-state index in [1.165, 1.54) is 5.56 Å². The normalized spacial score (nSPS) is 10.4. The second kappa shape index (κ2) is 9.58. The Kier molecular flexibility index (Phi) is 6.64. The molecule has 3 aromatic rings. The molecule has 138 valence electrons. The van der Waals surface area contributed by atoms with Crippen molar-refractivity contribution in [1.29, 1.82) is 0 Å². The van der Waals surface area contributed by atoms with Gasteiger partial charge in [-0.3, -0.25) is 0 Å². The first-order chi connectivity index (χ1) is 13.3. The van der Waals surface area contributed by atoms with Crippen molar-refractivity contribution in [2.45, 2.75) is 26.4 Å². The molecule has 0 N–H and O–H groups in total. The van der Waals surface area contributed by atoms with Gasteiger partial charge < -0.3 is 9.47 Å². The molecule has 3 aromatic carbocycles. The van der Waals surface area contributed by atoms with E-state index in [9.17, 15) is 4.79 Å². The fourth-order valence-electron chi connectivity index (χ4n) is 2.92. The van der Waals surface area contributed by atoms with Crippen molar-refractivity contribution in [2.24, 2.45) is 0 Å². The Morgan fingerprint density at radius 2 is 1.48 bits per heavy atom. The zero-order valence-electron chi connectivity index (χ0n) is 15.6. The largest absolute Gasteiger partial charge is 0.489 e. The van der Waals surface area contributed by atoms with Gasteiger partial charge in [-0.15, -0.1) is 0 Å². The van der Waals surface area contributed by atoms with Crippen LogP contribution in [0, 0.1) is 0 Å². The van der Waals surface area contributed by atoms with E-state index in [2.05, 4.69) is 12.1 Å². The third kappa shape index (κ3) is 5.45. The highest BCUT2D eigenvalue weighted by molar-refractivity contribution is 5.89. The summed E-state index contributed by atoms with van der Waals surface area (Å²) in [5.74, 6) is 0.510. The van der Waals surface area contributed by atoms with Crippen molar-refractivity contribution in [3.8, 4) is 5.75 Å². The smallest absolute Gasteiger partial charge is 0.338 e. The maximum absolute atomic E-state index is 12.1. The van der Waals surface area contributed by atoms with E-state index in [0.717, 1.165) is 29.7 Å². The summed E-state index contributed by atoms with van der Waals surface area (Å²) in [5, 5.41) is 0. The Balaban J connectivity index is 1.78. The number of hydrogen-bond donors (Lipinski definition) is 0. The molecule has 0 spiro atoms. The molecule has 0 radical (unpaired) electrons. The van der Waals surface area contributed by atoms with E-state index in [4.69, 9.17) is 9.47 Å². The van der Waals surface area contributed by atoms with E-state index in [0.29, 0.717) is 18.8 Å². The van der Waals surface area contributed by atoms with Gasteiger partial charge >= 0.3 is 5.97 Å². The summed E-state index contributed by atoms with van der Waals surface area (Å²) >= 11 is 0. The molecular formula is C24H24O3. The Morgan fingerprint density at radius 3 is 2.15 bits per heavy atom. The second-order valence-corrected chi connectivity index (χ2v) is 6.30. The molecule has 0 aliphatic rings. The van der Waals surface area contributed by atoms with E-state index in [1.54, 1.807) is 6.07 Å². The number of esters is 1. The molecule has 27 heavy (non-hydrogen) atoms. The Bertz CT molecular complexity index is 857. The number of aryl methyl sites for hydroxylation is 2. The van der Waals surface area contributed by atoms with Crippen LogP contribution >= 0.6 is 0 Å². The van der Waals surface area contributed by atoms with Crippen LogP contribution in [0.4, 0.5) is 0 Å². The molecule has 0 saturated heterocycles. The molecule has 0 aliphatic carbocycles. The average Bonchev–Trinajstić information content (AvgIpc) is 2.72. The van der Waals surface area contributed by atoms with Gasteiger partial charge in [0, 0.05) is 0 Å². The summed E-state index contributed by atoms with van der Waals surface area (Å²) in [6.45, 7) is 2.67. The molecule has 0 saturated carbocycles. The van der Waals surface area contributed by atoms with Crippen LogP contribution in [0.3, 0.4) is 0 Å². The van der Waals surface area contributed by atoms with Crippen LogP contribution in [0.2, 0.25) is 0 Å². The molecule has 0 aromatic heterocycles. The highest BCUT2D eigenvalue weighted by Crippen LogP contribution is 2.24. The molecule has 3 nitrogen and oxygen atoms in total. The molecule has 0 aliphatic heterocycles. The molecule has 0 heterocycles. The van der Waals surface area contributed by atoms with Gasteiger partial charge in [0.25, 0.3) is 0 Å². The van der Waals surface area contributed by atoms with Crippen molar-refractivity contribution >= 4 is 5.97 Å². The van der Waals surface area contributed by atoms with Crippen molar-refractivity contribution < 1.29 is 14.3 Å². The first kappa shape index (κ1) is 18.7. The van der Waals surface area contributed by atoms with Crippen LogP contribution in [-0.4, -0.2) is 12.6 Å². The summed E-state index contributed by atoms with van der Waals surface area (Å²) in [7, 11) is 0. The van der Waals surface area contributed by atoms with Gasteiger partial charge in [-0.05, 0) is 54.7 Å². The minimum absolute atomic E-state index is 0.298. The van der Waals surface area contributed by atoms with Crippen LogP contribution in [0.15, 0.2) is 78.9 Å². The Morgan fingerprint density at radius 1 is 0.815 bits per heavy atom. The lowest BCUT2D eigenvalue weighted by Gasteiger charge is -2.13. The van der Waals surface area contributed by atoms with Crippen molar-refractivity contribution in [3.63, 3.8) is 0 Å². The first-order valence-corrected chi connectivity index (χ1v) is 9.27. The zero-order chi connectivity index (χ0) is 18.9. The third-order valence-corrected chi connectivity index (χ3v) is 4.33. The van der Waals surface area contributed by atoms with Crippen molar-refractivity contribution in [2.75, 3.05) is 6.61 Å². The lowest BCUT2D eigenvalue weighted by molar-refractivity contribution is 0.0526. The average molecular weight is 360 g/mol. The highest BCUT2D eigenvalue weighted by Gasteiger charge is 2.12. The number of hydrogen-bond acceptors (Lipinski definition) is 3. The summed E-state index contributed by atoms with van der Waals surface area (Å²) in [6.07, 6.45) is 1.68. The summed E-state index contributed by atoms with van der Waals surface area (Å²) in [5.41, 5.74) is 3.95. The van der Waals surface area contributed by atoms with Gasteiger partial charge in [0.2, 0.25) is 0 Å². The van der Waals surface area contributed by atoms with Crippen LogP contribution in [0.1, 0.15) is 34.0 Å². The van der Waals surface area contributed by atoms with Gasteiger partial charge in [-0.25, -0.2) is 4.79 Å². The van der Waals surface area contributed by atoms with Crippen LogP contribution < -0.4 is 4.74 Å². The minimum atomic E-state index is -0.298. The predicted octanol–water partition coefficient (Wildman–Crippen LogP) is 5.23. The topological polar surface area (TPSA) is 35.5 Å². The third-order valence-electron chi connectivity index (χ3n) is 4.33. The minimum Gasteiger partial charge on any atom is -0.489 e. The van der Waals surface area contributed by atoms with Gasteiger partial charge in [-0.2, -0.15) is 0 Å². The quantitative estimate of drug-likeness (QED) is 0.516. The molecule has 0 amide bonds. The molecule has 0 fully saturated rings. The fraction of sp³-hybridized carbons (Fsp3) is 0.208. The number of ether oxygens (including phenoxy) is 2. The van der Waals surface area contributed by atoms with Gasteiger partial charge in [0.1, 0.15) is 12.4 Å². The molecule has 0 unspecified atom stereocenters. The maximum atomic E-state index is 12.1. The molecular weight excluding hydrogens is 336 g/mol. The fourth-order valence-corrected chi connectivity index (χ4v) is 2.92. The highest BCUT2D eigenvalue weighted by atomic mass is 16.5. The lowest BCUT2D eigenvalue weighted by Crippen LogP contribution is -2.07. The molecule has 3 rings (SSSR count). The van der Waals surface area contributed by atoms with Crippen molar-refractivity contribution in [3.05, 3.63) is 101 Å². The van der Waals surface area contributed by atoms with Gasteiger partial charge in [0.15, 0.2) is 0 Å². The standard InChI is InChI=1S/C24H24O3/c1-2-26-24(25)22-15-16-23(27-18-20-11-7-4-8-12-20)21(17-22)14-13-19-9-5-3-6-10-19/h3-12,15-17H,2,13-14,18H2,1H3. The lowest BCUT2D eigenvalue weighted by atomic mass is 10.0. The number of carbonyl (C=O) groups excluding carboxylic acids is 1. The van der Waals surface area contributed by atoms with E-state index >= 15 is 0 Å². The summed E-state index contributed by atoms with van der Waals surface area (Å²) in [6, 6.07) is 25.9. The summed E-state index contributed by atoms with van der Waals surface area (Å²) in [4.78, 5) is 12.1. The molecule has 3 heteroatoms. The SMILES string of the molecule is CCOC(=O)c1ccc(OCc2ccccc2)c(CCc2ccccc2)c1. The van der Waals surface area contributed by atoms with Crippen molar-refractivity contribution in [1.82, 2.24) is 0 Å². The monoisotopic (exact) mass is 360 g/mol.